The summed E-state index contributed by atoms with van der Waals surface area (Å²) >= 11 is 6.23. The Bertz CT molecular complexity index is 1180. The fourth-order valence-electron chi connectivity index (χ4n) is 3.41. The number of rotatable bonds is 10. The van der Waals surface area contributed by atoms with Gasteiger partial charge in [0.15, 0.2) is 0 Å². The SMILES string of the molecule is CCCC(=O)Nc1ccc(Cl)c(NCC(=O)Nc2cccc(C(=O)NC(C)c3ccccc3)c2)c1. The number of hydrogen-bond donors (Lipinski definition) is 4. The molecular formula is C27H29ClN4O3. The maximum Gasteiger partial charge on any atom is 0.251 e. The van der Waals surface area contributed by atoms with Crippen LogP contribution in [0.15, 0.2) is 72.8 Å². The van der Waals surface area contributed by atoms with E-state index in [9.17, 15) is 14.4 Å². The highest BCUT2D eigenvalue weighted by Crippen LogP contribution is 2.25. The lowest BCUT2D eigenvalue weighted by Gasteiger charge is -2.15. The zero-order valence-corrected chi connectivity index (χ0v) is 20.5. The molecule has 1 unspecified atom stereocenters. The first kappa shape index (κ1) is 25.8. The summed E-state index contributed by atoms with van der Waals surface area (Å²) in [6.07, 6.45) is 1.18. The van der Waals surface area contributed by atoms with Gasteiger partial charge in [-0.1, -0.05) is 54.9 Å². The third-order valence-electron chi connectivity index (χ3n) is 5.22. The van der Waals surface area contributed by atoms with E-state index in [0.29, 0.717) is 34.1 Å². The molecule has 0 fully saturated rings. The highest BCUT2D eigenvalue weighted by atomic mass is 35.5. The van der Waals surface area contributed by atoms with Crippen molar-refractivity contribution in [1.82, 2.24) is 5.32 Å². The molecule has 0 aliphatic carbocycles. The van der Waals surface area contributed by atoms with Crippen LogP contribution in [0, 0.1) is 0 Å². The van der Waals surface area contributed by atoms with E-state index < -0.39 is 0 Å². The number of anilines is 3. The lowest BCUT2D eigenvalue weighted by molar-refractivity contribution is -0.116. The van der Waals surface area contributed by atoms with Gasteiger partial charge in [0.05, 0.1) is 23.3 Å². The van der Waals surface area contributed by atoms with Crippen molar-refractivity contribution in [3.63, 3.8) is 0 Å². The largest absolute Gasteiger partial charge is 0.375 e. The molecule has 3 rings (SSSR count). The molecule has 3 amide bonds. The zero-order chi connectivity index (χ0) is 25.2. The van der Waals surface area contributed by atoms with Crippen molar-refractivity contribution in [2.75, 3.05) is 22.5 Å². The van der Waals surface area contributed by atoms with E-state index in [2.05, 4.69) is 21.3 Å². The van der Waals surface area contributed by atoms with Crippen LogP contribution >= 0.6 is 11.6 Å². The Morgan fingerprint density at radius 2 is 1.57 bits per heavy atom. The molecule has 8 heteroatoms. The van der Waals surface area contributed by atoms with Gasteiger partial charge in [0, 0.05) is 23.4 Å². The molecule has 7 nitrogen and oxygen atoms in total. The van der Waals surface area contributed by atoms with Crippen LogP contribution in [0.2, 0.25) is 5.02 Å². The Balaban J connectivity index is 1.56. The van der Waals surface area contributed by atoms with Crippen molar-refractivity contribution in [1.29, 1.82) is 0 Å². The van der Waals surface area contributed by atoms with Crippen molar-refractivity contribution >= 4 is 46.4 Å². The highest BCUT2D eigenvalue weighted by Gasteiger charge is 2.13. The predicted molar refractivity (Wildman–Crippen MR) is 141 cm³/mol. The second kappa shape index (κ2) is 12.6. The Hall–Kier alpha value is -3.84. The maximum atomic E-state index is 12.7. The van der Waals surface area contributed by atoms with Gasteiger partial charge in [0.25, 0.3) is 5.91 Å². The molecule has 3 aromatic rings. The van der Waals surface area contributed by atoms with Gasteiger partial charge in [-0.05, 0) is 55.3 Å². The lowest BCUT2D eigenvalue weighted by atomic mass is 10.1. The van der Waals surface area contributed by atoms with Gasteiger partial charge >= 0.3 is 0 Å². The monoisotopic (exact) mass is 492 g/mol. The Morgan fingerprint density at radius 1 is 0.857 bits per heavy atom. The maximum absolute atomic E-state index is 12.7. The van der Waals surface area contributed by atoms with E-state index in [0.717, 1.165) is 12.0 Å². The number of benzene rings is 3. The molecule has 182 valence electrons. The average molecular weight is 493 g/mol. The molecule has 3 aromatic carbocycles. The Morgan fingerprint density at radius 3 is 2.31 bits per heavy atom. The van der Waals surface area contributed by atoms with Crippen LogP contribution in [0.3, 0.4) is 0 Å². The van der Waals surface area contributed by atoms with Gasteiger partial charge in [-0.15, -0.1) is 0 Å². The summed E-state index contributed by atoms with van der Waals surface area (Å²) in [7, 11) is 0. The van der Waals surface area contributed by atoms with Gasteiger partial charge in [-0.25, -0.2) is 0 Å². The van der Waals surface area contributed by atoms with E-state index >= 15 is 0 Å². The number of carbonyl (C=O) groups excluding carboxylic acids is 3. The first-order valence-corrected chi connectivity index (χ1v) is 11.8. The number of halogens is 1. The minimum atomic E-state index is -0.309. The molecule has 0 spiro atoms. The van der Waals surface area contributed by atoms with Crippen LogP contribution in [0.1, 0.15) is 48.7 Å². The molecule has 0 aromatic heterocycles. The van der Waals surface area contributed by atoms with E-state index in [1.807, 2.05) is 44.2 Å². The summed E-state index contributed by atoms with van der Waals surface area (Å²) < 4.78 is 0. The average Bonchev–Trinajstić information content (AvgIpc) is 2.85. The summed E-state index contributed by atoms with van der Waals surface area (Å²) in [6, 6.07) is 21.3. The molecular weight excluding hydrogens is 464 g/mol. The van der Waals surface area contributed by atoms with E-state index in [4.69, 9.17) is 11.6 Å². The van der Waals surface area contributed by atoms with Crippen molar-refractivity contribution in [2.24, 2.45) is 0 Å². The minimum Gasteiger partial charge on any atom is -0.375 e. The summed E-state index contributed by atoms with van der Waals surface area (Å²) in [5.74, 6) is -0.624. The quantitative estimate of drug-likeness (QED) is 0.295. The summed E-state index contributed by atoms with van der Waals surface area (Å²) in [5, 5.41) is 12.0. The standard InChI is InChI=1S/C27H29ClN4O3/c1-3-8-25(33)31-22-13-14-23(28)24(16-22)29-17-26(34)32-21-12-7-11-20(15-21)27(35)30-18(2)19-9-5-4-6-10-19/h4-7,9-16,18,29H,3,8,17H2,1-2H3,(H,30,35)(H,31,33)(H,32,34). The van der Waals surface area contributed by atoms with Gasteiger partial charge in [-0.3, -0.25) is 14.4 Å². The van der Waals surface area contributed by atoms with Crippen LogP contribution in [0.25, 0.3) is 0 Å². The summed E-state index contributed by atoms with van der Waals surface area (Å²) in [6.45, 7) is 3.80. The predicted octanol–water partition coefficient (Wildman–Crippen LogP) is 5.62. The first-order chi connectivity index (χ1) is 16.9. The molecule has 0 saturated carbocycles. The van der Waals surface area contributed by atoms with Gasteiger partial charge in [0.1, 0.15) is 0 Å². The summed E-state index contributed by atoms with van der Waals surface area (Å²) in [4.78, 5) is 37.0. The number of amides is 3. The second-order valence-electron chi connectivity index (χ2n) is 8.08. The van der Waals surface area contributed by atoms with Crippen LogP contribution in [-0.2, 0) is 9.59 Å². The lowest BCUT2D eigenvalue weighted by Crippen LogP contribution is -2.27. The fourth-order valence-corrected chi connectivity index (χ4v) is 3.60. The Kier molecular flexibility index (Phi) is 9.26. The zero-order valence-electron chi connectivity index (χ0n) is 19.7. The van der Waals surface area contributed by atoms with Gasteiger partial charge in [0.2, 0.25) is 11.8 Å². The molecule has 4 N–H and O–H groups in total. The molecule has 0 heterocycles. The number of nitrogens with one attached hydrogen (secondary N) is 4. The molecule has 0 saturated heterocycles. The van der Waals surface area contributed by atoms with Crippen molar-refractivity contribution in [3.8, 4) is 0 Å². The van der Waals surface area contributed by atoms with Crippen LogP contribution in [0.5, 0.6) is 0 Å². The van der Waals surface area contributed by atoms with E-state index in [-0.39, 0.29) is 30.3 Å². The first-order valence-electron chi connectivity index (χ1n) is 11.4. The van der Waals surface area contributed by atoms with Crippen molar-refractivity contribution in [3.05, 3.63) is 88.9 Å². The molecule has 0 bridgehead atoms. The third-order valence-corrected chi connectivity index (χ3v) is 5.55. The van der Waals surface area contributed by atoms with E-state index in [1.54, 1.807) is 42.5 Å². The van der Waals surface area contributed by atoms with Crippen LogP contribution in [0.4, 0.5) is 17.1 Å². The normalized spacial score (nSPS) is 11.3. The van der Waals surface area contributed by atoms with Crippen LogP contribution < -0.4 is 21.3 Å². The van der Waals surface area contributed by atoms with Gasteiger partial charge < -0.3 is 21.3 Å². The number of carbonyl (C=O) groups is 3. The Labute approximate surface area is 210 Å². The topological polar surface area (TPSA) is 99.3 Å². The van der Waals surface area contributed by atoms with Crippen molar-refractivity contribution < 1.29 is 14.4 Å². The van der Waals surface area contributed by atoms with Crippen molar-refractivity contribution in [2.45, 2.75) is 32.7 Å². The smallest absolute Gasteiger partial charge is 0.251 e. The second-order valence-corrected chi connectivity index (χ2v) is 8.49. The molecule has 0 aliphatic heterocycles. The highest BCUT2D eigenvalue weighted by molar-refractivity contribution is 6.33. The van der Waals surface area contributed by atoms with Gasteiger partial charge in [-0.2, -0.15) is 0 Å². The summed E-state index contributed by atoms with van der Waals surface area (Å²) in [5.41, 5.74) is 3.07. The molecule has 1 atom stereocenters. The van der Waals surface area contributed by atoms with E-state index in [1.165, 1.54) is 0 Å². The molecule has 0 radical (unpaired) electrons. The molecule has 0 aliphatic rings. The third kappa shape index (κ3) is 7.86. The fraction of sp³-hybridized carbons (Fsp3) is 0.222. The number of hydrogen-bond acceptors (Lipinski definition) is 4. The van der Waals surface area contributed by atoms with Crippen LogP contribution in [-0.4, -0.2) is 24.3 Å². The molecule has 35 heavy (non-hydrogen) atoms. The minimum absolute atomic E-state index is 0.0481.